The van der Waals surface area contributed by atoms with Gasteiger partial charge < -0.3 is 15.0 Å². The van der Waals surface area contributed by atoms with Gasteiger partial charge in [-0.15, -0.1) is 0 Å². The molecule has 0 saturated carbocycles. The van der Waals surface area contributed by atoms with Gasteiger partial charge in [0.05, 0.1) is 10.7 Å². The highest BCUT2D eigenvalue weighted by molar-refractivity contribution is 7.89. The monoisotopic (exact) mass is 463 g/mol. The second-order valence-corrected chi connectivity index (χ2v) is 9.91. The third-order valence-electron chi connectivity index (χ3n) is 5.37. The fraction of sp³-hybridized carbons (Fsp3) is 0.333. The van der Waals surface area contributed by atoms with Crippen LogP contribution in [0.4, 0.5) is 5.69 Å². The Labute approximate surface area is 185 Å². The first-order chi connectivity index (χ1) is 14.7. The first kappa shape index (κ1) is 21.6. The Kier molecular flexibility index (Phi) is 5.67. The number of carbonyl (C=O) groups is 2. The molecule has 1 fully saturated rings. The van der Waals surface area contributed by atoms with Gasteiger partial charge in [-0.3, -0.25) is 9.59 Å². The lowest BCUT2D eigenvalue weighted by atomic mass is 10.1. The number of benzene rings is 2. The summed E-state index contributed by atoms with van der Waals surface area (Å²) >= 11 is 6.25. The molecule has 164 valence electrons. The molecule has 0 aromatic heterocycles. The van der Waals surface area contributed by atoms with E-state index in [1.807, 2.05) is 25.1 Å². The topological polar surface area (TPSA) is 96.0 Å². The molecule has 1 atom stereocenters. The molecular weight excluding hydrogens is 442 g/mol. The predicted octanol–water partition coefficient (Wildman–Crippen LogP) is 2.51. The molecule has 0 spiro atoms. The first-order valence-corrected chi connectivity index (χ1v) is 11.7. The van der Waals surface area contributed by atoms with Gasteiger partial charge >= 0.3 is 0 Å². The fourth-order valence-electron chi connectivity index (χ4n) is 3.64. The largest absolute Gasteiger partial charge is 0.479 e. The summed E-state index contributed by atoms with van der Waals surface area (Å²) in [6.07, 6.45) is -0.736. The fourth-order valence-corrected chi connectivity index (χ4v) is 5.58. The van der Waals surface area contributed by atoms with Crippen LogP contribution in [0.15, 0.2) is 41.3 Å². The van der Waals surface area contributed by atoms with E-state index < -0.39 is 16.1 Å². The lowest BCUT2D eigenvalue weighted by Crippen LogP contribution is -2.50. The third-order valence-corrected chi connectivity index (χ3v) is 7.74. The third kappa shape index (κ3) is 4.13. The number of fused-ring (bicyclic) bond motifs is 1. The zero-order valence-electron chi connectivity index (χ0n) is 17.1. The molecule has 4 rings (SSSR count). The van der Waals surface area contributed by atoms with Gasteiger partial charge in [0.25, 0.3) is 11.8 Å². The van der Waals surface area contributed by atoms with E-state index in [1.165, 1.54) is 16.4 Å². The van der Waals surface area contributed by atoms with Crippen molar-refractivity contribution in [1.29, 1.82) is 0 Å². The number of aryl methyl sites for hydroxylation is 1. The van der Waals surface area contributed by atoms with Crippen LogP contribution in [0.1, 0.15) is 22.8 Å². The number of hydrogen-bond acceptors (Lipinski definition) is 5. The number of piperazine rings is 1. The zero-order valence-corrected chi connectivity index (χ0v) is 18.7. The minimum Gasteiger partial charge on any atom is -0.479 e. The summed E-state index contributed by atoms with van der Waals surface area (Å²) in [4.78, 5) is 26.1. The van der Waals surface area contributed by atoms with Crippen molar-refractivity contribution in [3.8, 4) is 5.75 Å². The van der Waals surface area contributed by atoms with Crippen molar-refractivity contribution in [3.05, 3.63) is 52.5 Å². The molecule has 2 aliphatic rings. The van der Waals surface area contributed by atoms with Crippen LogP contribution in [0, 0.1) is 6.92 Å². The lowest BCUT2D eigenvalue weighted by Gasteiger charge is -2.34. The van der Waals surface area contributed by atoms with Gasteiger partial charge in [-0.2, -0.15) is 4.31 Å². The van der Waals surface area contributed by atoms with Gasteiger partial charge in [0.1, 0.15) is 10.6 Å². The molecule has 0 aliphatic carbocycles. The average Bonchev–Trinajstić information content (AvgIpc) is 2.74. The molecule has 2 amide bonds. The molecule has 8 nitrogen and oxygen atoms in total. The van der Waals surface area contributed by atoms with Crippen molar-refractivity contribution in [2.75, 3.05) is 31.5 Å². The summed E-state index contributed by atoms with van der Waals surface area (Å²) in [6, 6.07) is 10.0. The smallest absolute Gasteiger partial charge is 0.265 e. The van der Waals surface area contributed by atoms with E-state index in [0.29, 0.717) is 11.3 Å². The van der Waals surface area contributed by atoms with Crippen LogP contribution in [0.5, 0.6) is 5.75 Å². The summed E-state index contributed by atoms with van der Waals surface area (Å²) in [5, 5.41) is 2.64. The van der Waals surface area contributed by atoms with E-state index >= 15 is 0 Å². The molecule has 1 unspecified atom stereocenters. The first-order valence-electron chi connectivity index (χ1n) is 9.84. The molecule has 2 aliphatic heterocycles. The van der Waals surface area contributed by atoms with Gasteiger partial charge in [-0.25, -0.2) is 8.42 Å². The van der Waals surface area contributed by atoms with Gasteiger partial charge in [0.15, 0.2) is 6.10 Å². The number of ether oxygens (including phenoxy) is 1. The van der Waals surface area contributed by atoms with Crippen LogP contribution in [0.3, 0.4) is 0 Å². The van der Waals surface area contributed by atoms with E-state index in [-0.39, 0.29) is 53.7 Å². The number of halogens is 1. The van der Waals surface area contributed by atoms with Gasteiger partial charge in [0, 0.05) is 37.8 Å². The number of anilines is 1. The van der Waals surface area contributed by atoms with E-state index in [4.69, 9.17) is 16.3 Å². The summed E-state index contributed by atoms with van der Waals surface area (Å²) in [6.45, 7) is 4.35. The molecule has 2 aromatic carbocycles. The van der Waals surface area contributed by atoms with Crippen LogP contribution < -0.4 is 10.1 Å². The number of hydrogen-bond donors (Lipinski definition) is 1. The maximum atomic E-state index is 13.2. The van der Waals surface area contributed by atoms with E-state index in [2.05, 4.69) is 5.32 Å². The molecule has 10 heteroatoms. The normalized spacial score (nSPS) is 19.4. The maximum absolute atomic E-state index is 13.2. The molecule has 31 heavy (non-hydrogen) atoms. The van der Waals surface area contributed by atoms with Crippen LogP contribution in [-0.4, -0.2) is 61.7 Å². The van der Waals surface area contributed by atoms with Crippen LogP contribution >= 0.6 is 11.6 Å². The summed E-state index contributed by atoms with van der Waals surface area (Å²) < 4.78 is 33.3. The van der Waals surface area contributed by atoms with Crippen molar-refractivity contribution in [3.63, 3.8) is 0 Å². The Hall–Kier alpha value is -2.62. The highest BCUT2D eigenvalue weighted by Gasteiger charge is 2.34. The van der Waals surface area contributed by atoms with Crippen LogP contribution in [0.2, 0.25) is 5.02 Å². The van der Waals surface area contributed by atoms with Crippen molar-refractivity contribution >= 4 is 39.1 Å². The Bertz CT molecular complexity index is 1160. The molecule has 2 heterocycles. The van der Waals surface area contributed by atoms with E-state index in [1.54, 1.807) is 17.9 Å². The average molecular weight is 464 g/mol. The summed E-state index contributed by atoms with van der Waals surface area (Å²) in [5.41, 5.74) is 1.91. The van der Waals surface area contributed by atoms with Crippen LogP contribution in [0.25, 0.3) is 0 Å². The highest BCUT2D eigenvalue weighted by Crippen LogP contribution is 2.38. The molecular formula is C21H22ClN3O5S. The lowest BCUT2D eigenvalue weighted by molar-refractivity contribution is -0.122. The van der Waals surface area contributed by atoms with Crippen LogP contribution in [-0.2, 0) is 14.8 Å². The Morgan fingerprint density at radius 2 is 1.87 bits per heavy atom. The number of carbonyl (C=O) groups excluding carboxylic acids is 2. The quantitative estimate of drug-likeness (QED) is 0.754. The number of nitrogens with one attached hydrogen (secondary N) is 1. The summed E-state index contributed by atoms with van der Waals surface area (Å²) in [5.74, 6) is -0.192. The molecule has 1 N–H and O–H groups in total. The molecule has 0 bridgehead atoms. The van der Waals surface area contributed by atoms with Crippen molar-refractivity contribution in [2.45, 2.75) is 24.8 Å². The molecule has 0 radical (unpaired) electrons. The second kappa shape index (κ2) is 8.14. The Morgan fingerprint density at radius 1 is 1.16 bits per heavy atom. The maximum Gasteiger partial charge on any atom is 0.265 e. The second-order valence-electron chi connectivity index (χ2n) is 7.59. The van der Waals surface area contributed by atoms with Gasteiger partial charge in [0.2, 0.25) is 10.0 Å². The number of nitrogens with zero attached hydrogens (tertiary/aromatic N) is 2. The molecule has 1 saturated heterocycles. The zero-order chi connectivity index (χ0) is 22.3. The minimum absolute atomic E-state index is 0.00419. The van der Waals surface area contributed by atoms with E-state index in [0.717, 1.165) is 5.56 Å². The van der Waals surface area contributed by atoms with Crippen molar-refractivity contribution < 1.29 is 22.7 Å². The van der Waals surface area contributed by atoms with E-state index in [9.17, 15) is 18.0 Å². The standard InChI is InChI=1S/C21H22ClN3O5S/c1-13-4-3-5-15(10-13)21(27)24-6-8-25(9-7-24)31(28,29)19-12-18-17(11-16(19)22)23-20(26)14(2)30-18/h3-5,10-12,14H,6-9H2,1-2H3,(H,23,26). The van der Waals surface area contributed by atoms with Gasteiger partial charge in [-0.05, 0) is 32.0 Å². The number of amides is 2. The minimum atomic E-state index is -3.91. The molecule has 2 aromatic rings. The Balaban J connectivity index is 1.51. The van der Waals surface area contributed by atoms with Gasteiger partial charge in [-0.1, -0.05) is 29.3 Å². The van der Waals surface area contributed by atoms with Crippen molar-refractivity contribution in [1.82, 2.24) is 9.21 Å². The number of rotatable bonds is 3. The summed E-state index contributed by atoms with van der Waals surface area (Å²) in [7, 11) is -3.91. The predicted molar refractivity (Wildman–Crippen MR) is 116 cm³/mol. The SMILES string of the molecule is Cc1cccc(C(=O)N2CCN(S(=O)(=O)c3cc4c(cc3Cl)NC(=O)C(C)O4)CC2)c1. The van der Waals surface area contributed by atoms with Crippen molar-refractivity contribution in [2.24, 2.45) is 0 Å². The number of sulfonamides is 1. The highest BCUT2D eigenvalue weighted by atomic mass is 35.5. The Morgan fingerprint density at radius 3 is 2.55 bits per heavy atom.